The molecule has 0 saturated carbocycles. The monoisotopic (exact) mass is 289 g/mol. The van der Waals surface area contributed by atoms with Crippen LogP contribution in [0, 0.1) is 0 Å². The molecular weight excluding hydrogens is 266 g/mol. The highest BCUT2D eigenvalue weighted by Gasteiger charge is 2.24. The number of carbonyl (C=O) groups is 3. The molecule has 0 bridgehead atoms. The van der Waals surface area contributed by atoms with Crippen LogP contribution in [0.2, 0.25) is 0 Å². The SMILES string of the molecule is CCC(C(=O)O)N(C)C(=O)NCCC(=O)NCCOC. The number of methoxy groups -OCH3 is 1. The van der Waals surface area contributed by atoms with Gasteiger partial charge >= 0.3 is 12.0 Å². The number of hydrogen-bond acceptors (Lipinski definition) is 4. The Morgan fingerprint density at radius 1 is 1.25 bits per heavy atom. The summed E-state index contributed by atoms with van der Waals surface area (Å²) in [5, 5.41) is 14.0. The van der Waals surface area contributed by atoms with E-state index in [9.17, 15) is 14.4 Å². The second kappa shape index (κ2) is 10.0. The first kappa shape index (κ1) is 18.2. The van der Waals surface area contributed by atoms with Crippen LogP contribution in [0.15, 0.2) is 0 Å². The molecule has 0 aliphatic heterocycles. The molecule has 8 nitrogen and oxygen atoms in total. The smallest absolute Gasteiger partial charge is 0.326 e. The van der Waals surface area contributed by atoms with Gasteiger partial charge in [-0.1, -0.05) is 6.92 Å². The minimum atomic E-state index is -1.05. The summed E-state index contributed by atoms with van der Waals surface area (Å²) in [7, 11) is 2.95. The molecule has 0 spiro atoms. The largest absolute Gasteiger partial charge is 0.480 e. The summed E-state index contributed by atoms with van der Waals surface area (Å²) < 4.78 is 4.78. The fourth-order valence-corrected chi connectivity index (χ4v) is 1.54. The second-order valence-electron chi connectivity index (χ2n) is 4.20. The van der Waals surface area contributed by atoms with Gasteiger partial charge in [-0.2, -0.15) is 0 Å². The van der Waals surface area contributed by atoms with E-state index in [2.05, 4.69) is 10.6 Å². The Labute approximate surface area is 118 Å². The summed E-state index contributed by atoms with van der Waals surface area (Å²) in [6.07, 6.45) is 0.448. The van der Waals surface area contributed by atoms with E-state index in [-0.39, 0.29) is 18.9 Å². The first-order valence-corrected chi connectivity index (χ1v) is 6.43. The van der Waals surface area contributed by atoms with Gasteiger partial charge in [0, 0.05) is 33.7 Å². The molecule has 0 aromatic heterocycles. The average Bonchev–Trinajstić information content (AvgIpc) is 2.39. The van der Waals surface area contributed by atoms with Crippen LogP contribution in [0.1, 0.15) is 19.8 Å². The van der Waals surface area contributed by atoms with E-state index >= 15 is 0 Å². The maximum atomic E-state index is 11.7. The van der Waals surface area contributed by atoms with Gasteiger partial charge < -0.3 is 25.4 Å². The van der Waals surface area contributed by atoms with Gasteiger partial charge in [-0.15, -0.1) is 0 Å². The summed E-state index contributed by atoms with van der Waals surface area (Å²) in [6, 6.07) is -1.38. The van der Waals surface area contributed by atoms with E-state index in [1.807, 2.05) is 0 Å². The Balaban J connectivity index is 3.98. The van der Waals surface area contributed by atoms with E-state index in [1.54, 1.807) is 6.92 Å². The molecule has 0 fully saturated rings. The average molecular weight is 289 g/mol. The van der Waals surface area contributed by atoms with Crippen molar-refractivity contribution in [1.82, 2.24) is 15.5 Å². The maximum Gasteiger partial charge on any atom is 0.326 e. The van der Waals surface area contributed by atoms with Crippen LogP contribution in [0.5, 0.6) is 0 Å². The summed E-state index contributed by atoms with van der Waals surface area (Å²) in [4.78, 5) is 35.1. The highest BCUT2D eigenvalue weighted by Crippen LogP contribution is 2.02. The van der Waals surface area contributed by atoms with Gasteiger partial charge in [-0.05, 0) is 6.42 Å². The lowest BCUT2D eigenvalue weighted by Crippen LogP contribution is -2.47. The lowest BCUT2D eigenvalue weighted by Gasteiger charge is -2.23. The van der Waals surface area contributed by atoms with E-state index in [4.69, 9.17) is 9.84 Å². The number of nitrogens with one attached hydrogen (secondary N) is 2. The van der Waals surface area contributed by atoms with Gasteiger partial charge in [0.2, 0.25) is 5.91 Å². The van der Waals surface area contributed by atoms with Gasteiger partial charge in [0.15, 0.2) is 0 Å². The highest BCUT2D eigenvalue weighted by molar-refractivity contribution is 5.83. The van der Waals surface area contributed by atoms with Crippen molar-refractivity contribution < 1.29 is 24.2 Å². The van der Waals surface area contributed by atoms with Gasteiger partial charge in [-0.3, -0.25) is 4.79 Å². The summed E-state index contributed by atoms with van der Waals surface area (Å²) in [5.41, 5.74) is 0. The number of carbonyl (C=O) groups excluding carboxylic acids is 2. The predicted octanol–water partition coefficient (Wildman–Crippen LogP) is -0.356. The van der Waals surface area contributed by atoms with Crippen molar-refractivity contribution in [2.24, 2.45) is 0 Å². The molecule has 1 unspecified atom stereocenters. The Morgan fingerprint density at radius 3 is 2.40 bits per heavy atom. The first-order chi connectivity index (χ1) is 9.43. The lowest BCUT2D eigenvalue weighted by molar-refractivity contribution is -0.141. The van der Waals surface area contributed by atoms with Crippen molar-refractivity contribution in [2.45, 2.75) is 25.8 Å². The molecule has 3 amide bonds. The number of hydrogen-bond donors (Lipinski definition) is 3. The third kappa shape index (κ3) is 6.93. The summed E-state index contributed by atoms with van der Waals surface area (Å²) in [6.45, 7) is 2.68. The summed E-state index contributed by atoms with van der Waals surface area (Å²) in [5.74, 6) is -1.25. The van der Waals surface area contributed by atoms with Crippen molar-refractivity contribution in [3.05, 3.63) is 0 Å². The summed E-state index contributed by atoms with van der Waals surface area (Å²) >= 11 is 0. The van der Waals surface area contributed by atoms with Crippen molar-refractivity contribution in [1.29, 1.82) is 0 Å². The molecule has 8 heteroatoms. The Hall–Kier alpha value is -1.83. The molecule has 20 heavy (non-hydrogen) atoms. The predicted molar refractivity (Wildman–Crippen MR) is 72.4 cm³/mol. The third-order valence-electron chi connectivity index (χ3n) is 2.72. The van der Waals surface area contributed by atoms with Crippen molar-refractivity contribution in [2.75, 3.05) is 33.9 Å². The molecule has 0 aliphatic rings. The number of likely N-dealkylation sites (N-methyl/N-ethyl adjacent to an activating group) is 1. The number of carboxylic acids is 1. The van der Waals surface area contributed by atoms with E-state index in [0.717, 1.165) is 4.90 Å². The Kier molecular flexibility index (Phi) is 9.10. The molecule has 0 aromatic rings. The van der Waals surface area contributed by atoms with Crippen LogP contribution < -0.4 is 10.6 Å². The van der Waals surface area contributed by atoms with E-state index in [0.29, 0.717) is 19.6 Å². The number of carboxylic acid groups (broad SMARTS) is 1. The standard InChI is InChI=1S/C12H23N3O5/c1-4-9(11(17)18)15(2)12(19)14-6-5-10(16)13-7-8-20-3/h9H,4-8H2,1-3H3,(H,13,16)(H,14,19)(H,17,18). The molecule has 0 saturated heterocycles. The number of amides is 3. The van der Waals surface area contributed by atoms with Gasteiger partial charge in [0.25, 0.3) is 0 Å². The zero-order chi connectivity index (χ0) is 15.5. The number of urea groups is 1. The van der Waals surface area contributed by atoms with Crippen molar-refractivity contribution >= 4 is 17.9 Å². The number of ether oxygens (including phenoxy) is 1. The zero-order valence-electron chi connectivity index (χ0n) is 12.1. The molecule has 0 radical (unpaired) electrons. The third-order valence-corrected chi connectivity index (χ3v) is 2.72. The van der Waals surface area contributed by atoms with Crippen LogP contribution in [0.25, 0.3) is 0 Å². The van der Waals surface area contributed by atoms with Crippen LogP contribution in [0.3, 0.4) is 0 Å². The molecular formula is C12H23N3O5. The molecule has 0 aliphatic carbocycles. The fraction of sp³-hybridized carbons (Fsp3) is 0.750. The first-order valence-electron chi connectivity index (χ1n) is 6.43. The minimum absolute atomic E-state index is 0.132. The van der Waals surface area contributed by atoms with E-state index in [1.165, 1.54) is 14.2 Å². The molecule has 0 heterocycles. The molecule has 1 atom stereocenters. The fourth-order valence-electron chi connectivity index (χ4n) is 1.54. The lowest BCUT2D eigenvalue weighted by atomic mass is 10.2. The molecule has 0 aromatic carbocycles. The van der Waals surface area contributed by atoms with Crippen molar-refractivity contribution in [3.63, 3.8) is 0 Å². The van der Waals surface area contributed by atoms with E-state index < -0.39 is 18.0 Å². The Morgan fingerprint density at radius 2 is 1.90 bits per heavy atom. The molecule has 0 rings (SSSR count). The Bertz CT molecular complexity index is 335. The van der Waals surface area contributed by atoms with Crippen LogP contribution in [-0.2, 0) is 14.3 Å². The second-order valence-corrected chi connectivity index (χ2v) is 4.20. The van der Waals surface area contributed by atoms with Crippen LogP contribution in [0.4, 0.5) is 4.79 Å². The minimum Gasteiger partial charge on any atom is -0.480 e. The van der Waals surface area contributed by atoms with Crippen molar-refractivity contribution in [3.8, 4) is 0 Å². The zero-order valence-corrected chi connectivity index (χ0v) is 12.1. The molecule has 116 valence electrons. The molecule has 3 N–H and O–H groups in total. The maximum absolute atomic E-state index is 11.7. The number of nitrogens with zero attached hydrogens (tertiary/aromatic N) is 1. The quantitative estimate of drug-likeness (QED) is 0.503. The number of rotatable bonds is 9. The highest BCUT2D eigenvalue weighted by atomic mass is 16.5. The van der Waals surface area contributed by atoms with Gasteiger partial charge in [0.05, 0.1) is 6.61 Å². The number of aliphatic carboxylic acids is 1. The van der Waals surface area contributed by atoms with Gasteiger partial charge in [-0.25, -0.2) is 9.59 Å². The van der Waals surface area contributed by atoms with Crippen LogP contribution in [-0.4, -0.2) is 67.8 Å². The topological polar surface area (TPSA) is 108 Å². The van der Waals surface area contributed by atoms with Gasteiger partial charge in [0.1, 0.15) is 6.04 Å². The van der Waals surface area contributed by atoms with Crippen LogP contribution >= 0.6 is 0 Å². The normalized spacial score (nSPS) is 11.6.